The molecule has 14 heteroatoms. The molecule has 0 bridgehead atoms. The average molecular weight is 523 g/mol. The number of aromatic nitrogens is 2. The number of carbonyl (C=O) groups is 2. The molecule has 0 atom stereocenters. The van der Waals surface area contributed by atoms with Gasteiger partial charge in [-0.1, -0.05) is 29.4 Å². The van der Waals surface area contributed by atoms with E-state index in [1.165, 1.54) is 12.1 Å². The van der Waals surface area contributed by atoms with Crippen LogP contribution in [0.1, 0.15) is 18.4 Å². The van der Waals surface area contributed by atoms with Crippen LogP contribution in [0.2, 0.25) is 0 Å². The molecule has 2 N–H and O–H groups in total. The van der Waals surface area contributed by atoms with E-state index in [0.717, 1.165) is 17.7 Å². The standard InChI is InChI=1S/C23H20F3N3O8/c24-23(25,26)34-17-7-5-16(6-8-17)19-27-18(28-37-19)15-3-1-14(2-4-15)13-29-11-9-22(10-12-29,35-20(30)31)36-21(32)33/h1-8H,9-13H2,(H,30,31)(H,32,33). The highest BCUT2D eigenvalue weighted by atomic mass is 19.4. The summed E-state index contributed by atoms with van der Waals surface area (Å²) in [5.74, 6) is -1.67. The topological polar surface area (TPSA) is 144 Å². The summed E-state index contributed by atoms with van der Waals surface area (Å²) in [5, 5.41) is 21.7. The predicted molar refractivity (Wildman–Crippen MR) is 117 cm³/mol. The molecule has 37 heavy (non-hydrogen) atoms. The number of benzene rings is 2. The molecule has 11 nitrogen and oxygen atoms in total. The van der Waals surface area contributed by atoms with E-state index in [4.69, 9.17) is 24.2 Å². The highest BCUT2D eigenvalue weighted by molar-refractivity contribution is 5.61. The fourth-order valence-electron chi connectivity index (χ4n) is 3.87. The quantitative estimate of drug-likeness (QED) is 0.319. The predicted octanol–water partition coefficient (Wildman–Crippen LogP) is 4.98. The molecule has 0 amide bonds. The van der Waals surface area contributed by atoms with Gasteiger partial charge >= 0.3 is 18.7 Å². The van der Waals surface area contributed by atoms with Crippen LogP contribution in [0.5, 0.6) is 5.75 Å². The Kier molecular flexibility index (Phi) is 7.20. The van der Waals surface area contributed by atoms with Crippen molar-refractivity contribution in [2.45, 2.75) is 31.5 Å². The normalized spacial score (nSPS) is 15.6. The van der Waals surface area contributed by atoms with Crippen LogP contribution >= 0.6 is 0 Å². The molecule has 2 aromatic carbocycles. The molecular formula is C23H20F3N3O8. The van der Waals surface area contributed by atoms with Crippen molar-refractivity contribution in [1.29, 1.82) is 0 Å². The Labute approximate surface area is 207 Å². The molecule has 0 aliphatic carbocycles. The van der Waals surface area contributed by atoms with Crippen LogP contribution in [0.3, 0.4) is 0 Å². The molecule has 1 fully saturated rings. The van der Waals surface area contributed by atoms with E-state index >= 15 is 0 Å². The van der Waals surface area contributed by atoms with E-state index in [9.17, 15) is 22.8 Å². The molecule has 1 saturated heterocycles. The van der Waals surface area contributed by atoms with Crippen molar-refractivity contribution >= 4 is 12.3 Å². The van der Waals surface area contributed by atoms with E-state index in [2.05, 4.69) is 14.9 Å². The van der Waals surface area contributed by atoms with Crippen molar-refractivity contribution in [1.82, 2.24) is 15.0 Å². The van der Waals surface area contributed by atoms with E-state index in [-0.39, 0.29) is 30.3 Å². The minimum Gasteiger partial charge on any atom is -0.450 e. The number of ether oxygens (including phenoxy) is 3. The number of rotatable bonds is 7. The summed E-state index contributed by atoms with van der Waals surface area (Å²) >= 11 is 0. The number of likely N-dealkylation sites (tertiary alicyclic amines) is 1. The van der Waals surface area contributed by atoms with Gasteiger partial charge < -0.3 is 28.9 Å². The molecular weight excluding hydrogens is 503 g/mol. The smallest absolute Gasteiger partial charge is 0.450 e. The summed E-state index contributed by atoms with van der Waals surface area (Å²) in [5.41, 5.74) is 2.00. The lowest BCUT2D eigenvalue weighted by Gasteiger charge is -2.38. The van der Waals surface area contributed by atoms with Crippen molar-refractivity contribution in [3.8, 4) is 28.6 Å². The molecule has 0 saturated carbocycles. The zero-order valence-corrected chi connectivity index (χ0v) is 19.0. The van der Waals surface area contributed by atoms with Crippen LogP contribution in [0.15, 0.2) is 53.1 Å². The largest absolute Gasteiger partial charge is 0.573 e. The van der Waals surface area contributed by atoms with Gasteiger partial charge in [0.2, 0.25) is 5.82 Å². The number of hydrogen-bond donors (Lipinski definition) is 2. The van der Waals surface area contributed by atoms with Crippen LogP contribution in [-0.4, -0.2) is 62.8 Å². The van der Waals surface area contributed by atoms with Gasteiger partial charge in [-0.15, -0.1) is 13.2 Å². The maximum absolute atomic E-state index is 12.3. The fraction of sp³-hybridized carbons (Fsp3) is 0.304. The van der Waals surface area contributed by atoms with Gasteiger partial charge in [-0.2, -0.15) is 4.98 Å². The van der Waals surface area contributed by atoms with Crippen molar-refractivity contribution in [3.05, 3.63) is 54.1 Å². The minimum absolute atomic E-state index is 0.0542. The van der Waals surface area contributed by atoms with Gasteiger partial charge in [0.05, 0.1) is 0 Å². The van der Waals surface area contributed by atoms with Crippen LogP contribution in [0, 0.1) is 0 Å². The maximum Gasteiger partial charge on any atom is 0.573 e. The Hall–Kier alpha value is -4.33. The highest BCUT2D eigenvalue weighted by Gasteiger charge is 2.42. The second-order valence-electron chi connectivity index (χ2n) is 8.12. The van der Waals surface area contributed by atoms with E-state index in [1.54, 1.807) is 12.1 Å². The van der Waals surface area contributed by atoms with Gasteiger partial charge in [0.1, 0.15) is 5.75 Å². The Morgan fingerprint density at radius 3 is 2.05 bits per heavy atom. The highest BCUT2D eigenvalue weighted by Crippen LogP contribution is 2.30. The summed E-state index contributed by atoms with van der Waals surface area (Å²) in [6.07, 6.45) is -7.89. The Morgan fingerprint density at radius 1 is 0.946 bits per heavy atom. The summed E-state index contributed by atoms with van der Waals surface area (Å²) in [4.78, 5) is 28.2. The maximum atomic E-state index is 12.3. The fourth-order valence-corrected chi connectivity index (χ4v) is 3.87. The average Bonchev–Trinajstić information content (AvgIpc) is 3.30. The number of halogens is 3. The second-order valence-corrected chi connectivity index (χ2v) is 8.12. The number of alkyl halides is 3. The third-order valence-electron chi connectivity index (χ3n) is 5.54. The van der Waals surface area contributed by atoms with Crippen LogP contribution in [0.25, 0.3) is 22.8 Å². The minimum atomic E-state index is -4.78. The van der Waals surface area contributed by atoms with Gasteiger partial charge in [-0.25, -0.2) is 9.59 Å². The summed E-state index contributed by atoms with van der Waals surface area (Å²) < 4.78 is 55.5. The number of nitrogens with zero attached hydrogens (tertiary/aromatic N) is 3. The molecule has 3 aromatic rings. The van der Waals surface area contributed by atoms with E-state index in [0.29, 0.717) is 30.8 Å². The van der Waals surface area contributed by atoms with Crippen LogP contribution < -0.4 is 4.74 Å². The van der Waals surface area contributed by atoms with Gasteiger partial charge in [-0.05, 0) is 29.8 Å². The van der Waals surface area contributed by atoms with Crippen LogP contribution in [0.4, 0.5) is 22.8 Å². The summed E-state index contributed by atoms with van der Waals surface area (Å²) in [6, 6.07) is 12.3. The number of hydrogen-bond acceptors (Lipinski definition) is 9. The van der Waals surface area contributed by atoms with Crippen molar-refractivity contribution < 1.29 is 51.7 Å². The Morgan fingerprint density at radius 2 is 1.51 bits per heavy atom. The number of carboxylic acid groups (broad SMARTS) is 2. The molecule has 0 spiro atoms. The first-order chi connectivity index (χ1) is 17.5. The van der Waals surface area contributed by atoms with Crippen molar-refractivity contribution in [2.24, 2.45) is 0 Å². The molecule has 1 aliphatic heterocycles. The van der Waals surface area contributed by atoms with Crippen molar-refractivity contribution in [3.63, 3.8) is 0 Å². The molecule has 196 valence electrons. The van der Waals surface area contributed by atoms with Crippen LogP contribution in [-0.2, 0) is 16.0 Å². The zero-order chi connectivity index (χ0) is 26.6. The summed E-state index contributed by atoms with van der Waals surface area (Å²) in [7, 11) is 0. The van der Waals surface area contributed by atoms with E-state index < -0.39 is 24.5 Å². The number of piperidine rings is 1. The lowest BCUT2D eigenvalue weighted by molar-refractivity contribution is -0.274. The third kappa shape index (κ3) is 6.88. The third-order valence-corrected chi connectivity index (χ3v) is 5.54. The first-order valence-electron chi connectivity index (χ1n) is 10.9. The van der Waals surface area contributed by atoms with Gasteiger partial charge in [-0.3, -0.25) is 4.90 Å². The zero-order valence-electron chi connectivity index (χ0n) is 19.0. The lowest BCUT2D eigenvalue weighted by Crippen LogP contribution is -2.49. The lowest BCUT2D eigenvalue weighted by atomic mass is 10.0. The molecule has 1 aromatic heterocycles. The molecule has 0 radical (unpaired) electrons. The molecule has 1 aliphatic rings. The second kappa shape index (κ2) is 10.3. The summed E-state index contributed by atoms with van der Waals surface area (Å²) in [6.45, 7) is 1.22. The van der Waals surface area contributed by atoms with E-state index in [1.807, 2.05) is 17.0 Å². The van der Waals surface area contributed by atoms with Crippen molar-refractivity contribution in [2.75, 3.05) is 13.1 Å². The molecule has 4 rings (SSSR count). The first kappa shape index (κ1) is 25.8. The Balaban J connectivity index is 1.36. The monoisotopic (exact) mass is 523 g/mol. The first-order valence-corrected chi connectivity index (χ1v) is 10.9. The van der Waals surface area contributed by atoms with Gasteiger partial charge in [0.15, 0.2) is 0 Å². The van der Waals surface area contributed by atoms with Gasteiger partial charge in [0.25, 0.3) is 11.7 Å². The van der Waals surface area contributed by atoms with Gasteiger partial charge in [0, 0.05) is 43.6 Å². The molecule has 0 unspecified atom stereocenters. The SMILES string of the molecule is O=C(O)OC1(OC(=O)O)CCN(Cc2ccc(-c3noc(-c4ccc(OC(F)(F)F)cc4)n3)cc2)CC1. The molecule has 2 heterocycles. The Bertz CT molecular complexity index is 1220.